The first-order valence-electron chi connectivity index (χ1n) is 8.15. The van der Waals surface area contributed by atoms with Crippen LogP contribution in [0.4, 0.5) is 0 Å². The topological polar surface area (TPSA) is 64.8 Å². The number of piperidine rings is 1. The molecule has 0 N–H and O–H groups in total. The van der Waals surface area contributed by atoms with Crippen LogP contribution >= 0.6 is 0 Å². The SMILES string of the molecule is COc1ccc(OC[C@@H]2CCCN(C(=O)c3cc(C)no3)C2)cc1. The molecule has 0 bridgehead atoms. The van der Waals surface area contributed by atoms with E-state index in [1.165, 1.54) is 0 Å². The van der Waals surface area contributed by atoms with E-state index in [1.54, 1.807) is 13.2 Å². The van der Waals surface area contributed by atoms with Crippen molar-refractivity contribution in [3.63, 3.8) is 0 Å². The normalized spacial score (nSPS) is 17.6. The molecule has 0 spiro atoms. The number of hydrogen-bond donors (Lipinski definition) is 0. The third-order valence-corrected chi connectivity index (χ3v) is 4.19. The van der Waals surface area contributed by atoms with Gasteiger partial charge in [-0.3, -0.25) is 4.79 Å². The molecule has 3 rings (SSSR count). The van der Waals surface area contributed by atoms with Crippen LogP contribution in [0.3, 0.4) is 0 Å². The summed E-state index contributed by atoms with van der Waals surface area (Å²) in [7, 11) is 1.64. The van der Waals surface area contributed by atoms with Gasteiger partial charge in [0.15, 0.2) is 0 Å². The summed E-state index contributed by atoms with van der Waals surface area (Å²) in [5.74, 6) is 2.15. The van der Waals surface area contributed by atoms with Gasteiger partial charge < -0.3 is 18.9 Å². The predicted octanol–water partition coefficient (Wildman–Crippen LogP) is 2.92. The fraction of sp³-hybridized carbons (Fsp3) is 0.444. The second-order valence-corrected chi connectivity index (χ2v) is 6.08. The number of hydrogen-bond acceptors (Lipinski definition) is 5. The molecular weight excluding hydrogens is 308 g/mol. The summed E-state index contributed by atoms with van der Waals surface area (Å²) in [6, 6.07) is 9.21. The predicted molar refractivity (Wildman–Crippen MR) is 88.4 cm³/mol. The van der Waals surface area contributed by atoms with Crippen LogP contribution in [0, 0.1) is 12.8 Å². The molecule has 24 heavy (non-hydrogen) atoms. The van der Waals surface area contributed by atoms with Crippen molar-refractivity contribution in [1.82, 2.24) is 10.1 Å². The first-order chi connectivity index (χ1) is 11.7. The highest BCUT2D eigenvalue weighted by Crippen LogP contribution is 2.22. The Balaban J connectivity index is 1.54. The molecule has 1 aromatic carbocycles. The molecule has 1 aromatic heterocycles. The van der Waals surface area contributed by atoms with Crippen molar-refractivity contribution < 1.29 is 18.8 Å². The third kappa shape index (κ3) is 3.88. The second kappa shape index (κ2) is 7.38. The smallest absolute Gasteiger partial charge is 0.292 e. The Labute approximate surface area is 141 Å². The minimum absolute atomic E-state index is 0.0928. The monoisotopic (exact) mass is 330 g/mol. The average Bonchev–Trinajstić information content (AvgIpc) is 3.06. The molecule has 0 aliphatic carbocycles. The van der Waals surface area contributed by atoms with Gasteiger partial charge in [0.25, 0.3) is 5.91 Å². The average molecular weight is 330 g/mol. The van der Waals surface area contributed by atoms with Crippen LogP contribution in [0.25, 0.3) is 0 Å². The highest BCUT2D eigenvalue weighted by molar-refractivity contribution is 5.91. The lowest BCUT2D eigenvalue weighted by Gasteiger charge is -2.32. The number of benzene rings is 1. The number of nitrogens with zero attached hydrogens (tertiary/aromatic N) is 2. The van der Waals surface area contributed by atoms with Crippen molar-refractivity contribution in [1.29, 1.82) is 0 Å². The zero-order valence-electron chi connectivity index (χ0n) is 14.0. The number of likely N-dealkylation sites (tertiary alicyclic amines) is 1. The number of aromatic nitrogens is 1. The fourth-order valence-corrected chi connectivity index (χ4v) is 2.89. The van der Waals surface area contributed by atoms with Crippen molar-refractivity contribution in [2.24, 2.45) is 5.92 Å². The van der Waals surface area contributed by atoms with Crippen LogP contribution in [0.15, 0.2) is 34.9 Å². The Morgan fingerprint density at radius 2 is 2.08 bits per heavy atom. The molecule has 0 radical (unpaired) electrons. The summed E-state index contributed by atoms with van der Waals surface area (Å²) < 4.78 is 16.1. The highest BCUT2D eigenvalue weighted by atomic mass is 16.5. The summed E-state index contributed by atoms with van der Waals surface area (Å²) in [4.78, 5) is 14.3. The van der Waals surface area contributed by atoms with E-state index in [-0.39, 0.29) is 5.91 Å². The van der Waals surface area contributed by atoms with Crippen molar-refractivity contribution in [3.8, 4) is 11.5 Å². The molecule has 2 aromatic rings. The Morgan fingerprint density at radius 1 is 1.33 bits per heavy atom. The van der Waals surface area contributed by atoms with E-state index in [2.05, 4.69) is 5.16 Å². The van der Waals surface area contributed by atoms with Crippen molar-refractivity contribution in [2.75, 3.05) is 26.8 Å². The van der Waals surface area contributed by atoms with Crippen LogP contribution < -0.4 is 9.47 Å². The minimum atomic E-state index is -0.0928. The molecule has 1 aliphatic heterocycles. The highest BCUT2D eigenvalue weighted by Gasteiger charge is 2.27. The van der Waals surface area contributed by atoms with Gasteiger partial charge in [0, 0.05) is 25.1 Å². The van der Waals surface area contributed by atoms with Crippen LogP contribution in [0.2, 0.25) is 0 Å². The maximum Gasteiger partial charge on any atom is 0.292 e. The van der Waals surface area contributed by atoms with Gasteiger partial charge in [-0.1, -0.05) is 5.16 Å². The Hall–Kier alpha value is -2.50. The Morgan fingerprint density at radius 3 is 2.75 bits per heavy atom. The maximum absolute atomic E-state index is 12.4. The second-order valence-electron chi connectivity index (χ2n) is 6.08. The molecule has 128 valence electrons. The van der Waals surface area contributed by atoms with Crippen LogP contribution in [-0.2, 0) is 0 Å². The lowest BCUT2D eigenvalue weighted by molar-refractivity contribution is 0.0593. The van der Waals surface area contributed by atoms with E-state index < -0.39 is 0 Å². The van der Waals surface area contributed by atoms with E-state index in [4.69, 9.17) is 14.0 Å². The van der Waals surface area contributed by atoms with Crippen molar-refractivity contribution in [2.45, 2.75) is 19.8 Å². The quantitative estimate of drug-likeness (QED) is 0.843. The van der Waals surface area contributed by atoms with Crippen LogP contribution in [0.5, 0.6) is 11.5 Å². The van der Waals surface area contributed by atoms with Gasteiger partial charge in [0.1, 0.15) is 11.5 Å². The lowest BCUT2D eigenvalue weighted by atomic mass is 9.98. The molecule has 1 aliphatic rings. The first-order valence-corrected chi connectivity index (χ1v) is 8.15. The Bertz CT molecular complexity index is 681. The number of carbonyl (C=O) groups is 1. The minimum Gasteiger partial charge on any atom is -0.497 e. The summed E-state index contributed by atoms with van der Waals surface area (Å²) in [5.41, 5.74) is 0.717. The van der Waals surface area contributed by atoms with E-state index >= 15 is 0 Å². The molecule has 0 unspecified atom stereocenters. The van der Waals surface area contributed by atoms with Gasteiger partial charge in [-0.25, -0.2) is 0 Å². The van der Waals surface area contributed by atoms with Gasteiger partial charge in [-0.05, 0) is 44.0 Å². The molecule has 1 fully saturated rings. The third-order valence-electron chi connectivity index (χ3n) is 4.19. The standard InChI is InChI=1S/C18H22N2O4/c1-13-10-17(24-19-13)18(21)20-9-3-4-14(11-20)12-23-16-7-5-15(22-2)6-8-16/h5-8,10,14H,3-4,9,11-12H2,1-2H3/t14-/m1/s1. The van der Waals surface area contributed by atoms with Crippen molar-refractivity contribution in [3.05, 3.63) is 41.8 Å². The van der Waals surface area contributed by atoms with Crippen LogP contribution in [-0.4, -0.2) is 42.8 Å². The zero-order chi connectivity index (χ0) is 16.9. The lowest BCUT2D eigenvalue weighted by Crippen LogP contribution is -2.41. The number of rotatable bonds is 5. The largest absolute Gasteiger partial charge is 0.497 e. The zero-order valence-corrected chi connectivity index (χ0v) is 14.0. The van der Waals surface area contributed by atoms with Gasteiger partial charge in [0.2, 0.25) is 5.76 Å². The first kappa shape index (κ1) is 16.4. The molecule has 1 saturated heterocycles. The summed E-state index contributed by atoms with van der Waals surface area (Å²) in [6.45, 7) is 3.82. The van der Waals surface area contributed by atoms with Gasteiger partial charge in [-0.2, -0.15) is 0 Å². The molecule has 1 atom stereocenters. The van der Waals surface area contributed by atoms with E-state index in [9.17, 15) is 4.79 Å². The fourth-order valence-electron chi connectivity index (χ4n) is 2.89. The molecule has 2 heterocycles. The molecule has 6 heteroatoms. The maximum atomic E-state index is 12.4. The Kier molecular flexibility index (Phi) is 5.03. The van der Waals surface area contributed by atoms with Gasteiger partial charge >= 0.3 is 0 Å². The number of ether oxygens (including phenoxy) is 2. The summed E-state index contributed by atoms with van der Waals surface area (Å²) in [6.07, 6.45) is 2.02. The van der Waals surface area contributed by atoms with Gasteiger partial charge in [-0.15, -0.1) is 0 Å². The molecule has 0 saturated carbocycles. The van der Waals surface area contributed by atoms with E-state index in [0.717, 1.165) is 36.6 Å². The molecular formula is C18H22N2O4. The summed E-state index contributed by atoms with van der Waals surface area (Å²) in [5, 5.41) is 3.78. The van der Waals surface area contributed by atoms with Gasteiger partial charge in [0.05, 0.1) is 19.4 Å². The number of carbonyl (C=O) groups excluding carboxylic acids is 1. The van der Waals surface area contributed by atoms with Crippen LogP contribution in [0.1, 0.15) is 29.1 Å². The van der Waals surface area contributed by atoms with Crippen molar-refractivity contribution >= 4 is 5.91 Å². The number of aryl methyl sites for hydroxylation is 1. The molecule has 1 amide bonds. The molecule has 6 nitrogen and oxygen atoms in total. The van der Waals surface area contributed by atoms with E-state index in [1.807, 2.05) is 36.1 Å². The van der Waals surface area contributed by atoms with E-state index in [0.29, 0.717) is 24.8 Å². The number of methoxy groups -OCH3 is 1. The number of amides is 1. The summed E-state index contributed by atoms with van der Waals surface area (Å²) >= 11 is 0.